The summed E-state index contributed by atoms with van der Waals surface area (Å²) >= 11 is 0. The van der Waals surface area contributed by atoms with Gasteiger partial charge in [-0.25, -0.2) is 14.4 Å². The molecular weight excluding hydrogens is 331 g/mol. The molecule has 3 N–H and O–H groups in total. The van der Waals surface area contributed by atoms with Gasteiger partial charge >= 0.3 is 0 Å². The number of nitrogen functional groups attached to an aromatic ring is 1. The molecule has 0 bridgehead atoms. The summed E-state index contributed by atoms with van der Waals surface area (Å²) in [7, 11) is 0. The molecule has 0 aliphatic carbocycles. The van der Waals surface area contributed by atoms with Crippen LogP contribution in [0.3, 0.4) is 0 Å². The Kier molecular flexibility index (Phi) is 5.11. The number of benzene rings is 1. The van der Waals surface area contributed by atoms with E-state index in [0.717, 1.165) is 12.8 Å². The second-order valence-electron chi connectivity index (χ2n) is 6.15. The van der Waals surface area contributed by atoms with Gasteiger partial charge in [-0.2, -0.15) is 0 Å². The predicted octanol–water partition coefficient (Wildman–Crippen LogP) is 3.94. The summed E-state index contributed by atoms with van der Waals surface area (Å²) in [6, 6.07) is 9.81. The smallest absolute Gasteiger partial charge is 0.253 e. The molecule has 1 aromatic carbocycles. The van der Waals surface area contributed by atoms with E-state index in [0.29, 0.717) is 27.7 Å². The maximum Gasteiger partial charge on any atom is 0.253 e. The number of rotatable bonds is 5. The van der Waals surface area contributed by atoms with Crippen LogP contribution >= 0.6 is 0 Å². The van der Waals surface area contributed by atoms with Gasteiger partial charge in [-0.3, -0.25) is 4.79 Å². The molecule has 0 spiro atoms. The number of halogens is 1. The van der Waals surface area contributed by atoms with Crippen molar-refractivity contribution in [2.24, 2.45) is 0 Å². The van der Waals surface area contributed by atoms with Gasteiger partial charge in [0.1, 0.15) is 17.2 Å². The van der Waals surface area contributed by atoms with Crippen molar-refractivity contribution < 1.29 is 9.18 Å². The normalized spacial score (nSPS) is 11.1. The van der Waals surface area contributed by atoms with E-state index in [2.05, 4.69) is 15.3 Å². The van der Waals surface area contributed by atoms with Gasteiger partial charge in [-0.15, -0.1) is 0 Å². The number of hydrogen-bond donors (Lipinski definition) is 2. The molecule has 1 amide bonds. The minimum atomic E-state index is -0.339. The Hall–Kier alpha value is -3.02. The van der Waals surface area contributed by atoms with E-state index in [1.165, 1.54) is 18.3 Å². The second kappa shape index (κ2) is 7.47. The van der Waals surface area contributed by atoms with E-state index < -0.39 is 0 Å². The largest absolute Gasteiger partial charge is 0.382 e. The van der Waals surface area contributed by atoms with Gasteiger partial charge in [0.2, 0.25) is 0 Å². The van der Waals surface area contributed by atoms with Crippen molar-refractivity contribution in [3.63, 3.8) is 0 Å². The maximum atomic E-state index is 13.5. The summed E-state index contributed by atoms with van der Waals surface area (Å²) in [5.41, 5.74) is 8.05. The molecule has 3 rings (SSSR count). The number of anilines is 1. The van der Waals surface area contributed by atoms with Crippen molar-refractivity contribution in [3.8, 4) is 11.3 Å². The standard InChI is InChI=1S/C20H21FN4O/c1-3-14(4-2)24-20(26)16-11-23-19(22)18-15(16)8-9-17(25-18)12-6-5-7-13(21)10-12/h5-11,14H,3-4H2,1-2H3,(H2,22,23)(H,24,26). The molecule has 0 saturated heterocycles. The van der Waals surface area contributed by atoms with Crippen LogP contribution < -0.4 is 11.1 Å². The molecule has 0 saturated carbocycles. The number of carbonyl (C=O) groups is 1. The van der Waals surface area contributed by atoms with Gasteiger partial charge in [0.05, 0.1) is 11.3 Å². The fourth-order valence-corrected chi connectivity index (χ4v) is 2.88. The van der Waals surface area contributed by atoms with Crippen molar-refractivity contribution in [2.75, 3.05) is 5.73 Å². The first-order chi connectivity index (χ1) is 12.5. The fraction of sp³-hybridized carbons (Fsp3) is 0.250. The molecule has 2 heterocycles. The van der Waals surface area contributed by atoms with E-state index in [1.807, 2.05) is 13.8 Å². The number of nitrogens with two attached hydrogens (primary N) is 1. The molecule has 0 aliphatic heterocycles. The van der Waals surface area contributed by atoms with Crippen LogP contribution in [0.4, 0.5) is 10.2 Å². The van der Waals surface area contributed by atoms with Crippen LogP contribution in [0.15, 0.2) is 42.6 Å². The Balaban J connectivity index is 2.05. The molecule has 0 radical (unpaired) electrons. The molecule has 0 fully saturated rings. The third-order valence-electron chi connectivity index (χ3n) is 4.45. The third kappa shape index (κ3) is 3.49. The lowest BCUT2D eigenvalue weighted by Gasteiger charge is -2.16. The molecule has 26 heavy (non-hydrogen) atoms. The summed E-state index contributed by atoms with van der Waals surface area (Å²) in [5.74, 6) is -0.303. The van der Waals surface area contributed by atoms with E-state index in [1.54, 1.807) is 24.3 Å². The number of nitrogens with zero attached hydrogens (tertiary/aromatic N) is 2. The molecule has 0 aliphatic rings. The second-order valence-corrected chi connectivity index (χ2v) is 6.15. The summed E-state index contributed by atoms with van der Waals surface area (Å²) in [6.07, 6.45) is 3.17. The van der Waals surface area contributed by atoms with Gasteiger partial charge < -0.3 is 11.1 Å². The average molecular weight is 352 g/mol. The van der Waals surface area contributed by atoms with Crippen LogP contribution in [-0.2, 0) is 0 Å². The lowest BCUT2D eigenvalue weighted by atomic mass is 10.1. The quantitative estimate of drug-likeness (QED) is 0.729. The zero-order valence-electron chi connectivity index (χ0n) is 14.8. The molecular formula is C20H21FN4O. The highest BCUT2D eigenvalue weighted by Gasteiger charge is 2.17. The summed E-state index contributed by atoms with van der Waals surface area (Å²) in [4.78, 5) is 21.3. The number of pyridine rings is 2. The zero-order valence-corrected chi connectivity index (χ0v) is 14.8. The first kappa shape index (κ1) is 17.8. The van der Waals surface area contributed by atoms with Gasteiger partial charge in [-0.1, -0.05) is 26.0 Å². The van der Waals surface area contributed by atoms with E-state index in [9.17, 15) is 9.18 Å². The Morgan fingerprint density at radius 1 is 1.23 bits per heavy atom. The highest BCUT2D eigenvalue weighted by atomic mass is 19.1. The van der Waals surface area contributed by atoms with E-state index in [-0.39, 0.29) is 23.6 Å². The lowest BCUT2D eigenvalue weighted by Crippen LogP contribution is -2.34. The minimum absolute atomic E-state index is 0.106. The number of fused-ring (bicyclic) bond motifs is 1. The topological polar surface area (TPSA) is 80.9 Å². The van der Waals surface area contributed by atoms with Crippen molar-refractivity contribution in [1.82, 2.24) is 15.3 Å². The molecule has 134 valence electrons. The molecule has 0 unspecified atom stereocenters. The van der Waals surface area contributed by atoms with Gasteiger partial charge in [-0.05, 0) is 37.1 Å². The molecule has 0 atom stereocenters. The van der Waals surface area contributed by atoms with Crippen LogP contribution in [0, 0.1) is 5.82 Å². The predicted molar refractivity (Wildman–Crippen MR) is 101 cm³/mol. The van der Waals surface area contributed by atoms with Gasteiger partial charge in [0, 0.05) is 23.2 Å². The SMILES string of the molecule is CCC(CC)NC(=O)c1cnc(N)c2nc(-c3cccc(F)c3)ccc12. The number of aromatic nitrogens is 2. The monoisotopic (exact) mass is 352 g/mol. The van der Waals surface area contributed by atoms with Crippen molar-refractivity contribution in [1.29, 1.82) is 0 Å². The molecule has 2 aromatic heterocycles. The first-order valence-corrected chi connectivity index (χ1v) is 8.65. The van der Waals surface area contributed by atoms with Crippen LogP contribution in [0.25, 0.3) is 22.2 Å². The minimum Gasteiger partial charge on any atom is -0.382 e. The Bertz CT molecular complexity index is 954. The van der Waals surface area contributed by atoms with Crippen molar-refractivity contribution in [3.05, 3.63) is 54.0 Å². The molecule has 5 nitrogen and oxygen atoms in total. The van der Waals surface area contributed by atoms with E-state index in [4.69, 9.17) is 5.73 Å². The number of nitrogens with one attached hydrogen (secondary N) is 1. The number of carbonyl (C=O) groups excluding carboxylic acids is 1. The maximum absolute atomic E-state index is 13.5. The first-order valence-electron chi connectivity index (χ1n) is 8.65. The van der Waals surface area contributed by atoms with Crippen LogP contribution in [0.1, 0.15) is 37.0 Å². The highest BCUT2D eigenvalue weighted by molar-refractivity contribution is 6.08. The van der Waals surface area contributed by atoms with Crippen LogP contribution in [0.5, 0.6) is 0 Å². The number of amides is 1. The summed E-state index contributed by atoms with van der Waals surface area (Å²) in [5, 5.41) is 3.63. The molecule has 3 aromatic rings. The van der Waals surface area contributed by atoms with Crippen LogP contribution in [0.2, 0.25) is 0 Å². The average Bonchev–Trinajstić information content (AvgIpc) is 2.66. The zero-order chi connectivity index (χ0) is 18.7. The highest BCUT2D eigenvalue weighted by Crippen LogP contribution is 2.26. The van der Waals surface area contributed by atoms with Crippen molar-refractivity contribution >= 4 is 22.6 Å². The van der Waals surface area contributed by atoms with Crippen LogP contribution in [-0.4, -0.2) is 21.9 Å². The number of hydrogen-bond acceptors (Lipinski definition) is 4. The third-order valence-corrected chi connectivity index (χ3v) is 4.45. The van der Waals surface area contributed by atoms with Gasteiger partial charge in [0.15, 0.2) is 0 Å². The molecule has 6 heteroatoms. The summed E-state index contributed by atoms with van der Waals surface area (Å²) in [6.45, 7) is 4.06. The Labute approximate surface area is 151 Å². The summed E-state index contributed by atoms with van der Waals surface area (Å²) < 4.78 is 13.5. The fourth-order valence-electron chi connectivity index (χ4n) is 2.88. The van der Waals surface area contributed by atoms with E-state index >= 15 is 0 Å². The van der Waals surface area contributed by atoms with Crippen molar-refractivity contribution in [2.45, 2.75) is 32.7 Å². The lowest BCUT2D eigenvalue weighted by molar-refractivity contribution is 0.0936. The Morgan fingerprint density at radius 3 is 2.69 bits per heavy atom. The van der Waals surface area contributed by atoms with Gasteiger partial charge in [0.25, 0.3) is 5.91 Å². The Morgan fingerprint density at radius 2 is 2.00 bits per heavy atom.